The molecule has 28 heavy (non-hydrogen) atoms. The van der Waals surface area contributed by atoms with Crippen molar-refractivity contribution in [3.05, 3.63) is 54.1 Å². The molecule has 0 saturated heterocycles. The Labute approximate surface area is 168 Å². The average molecular weight is 452 g/mol. The van der Waals surface area contributed by atoms with Crippen molar-refractivity contribution < 1.29 is 31.0 Å². The molecule has 2 atom stereocenters. The number of rotatable bonds is 9. The predicted octanol–water partition coefficient (Wildman–Crippen LogP) is 6.54. The fraction of sp³-hybridized carbons (Fsp3) is 0.333. The molecule has 4 nitrogen and oxygen atoms in total. The maximum absolute atomic E-state index is 12.7. The fourth-order valence-electron chi connectivity index (χ4n) is 2.11. The fourth-order valence-corrected chi connectivity index (χ4v) is 6.60. The Bertz CT molecular complexity index is 839. The summed E-state index contributed by atoms with van der Waals surface area (Å²) in [6, 6.07) is 10.2. The molecule has 0 fully saturated rings. The maximum Gasteiger partial charge on any atom is 0.440 e. The standard InChI is InChI=1S/C18H20F3O4PS2/c1-3-13-27-26(22,24-4-2)25-15-7-11-17(12-8-15)28(23)16-9-5-14(6-10-16)18(19,20)21/h5-12H,3-4,13H2,1-2H3. The summed E-state index contributed by atoms with van der Waals surface area (Å²) in [6.07, 6.45) is -3.63. The summed E-state index contributed by atoms with van der Waals surface area (Å²) in [7, 11) is -1.65. The summed E-state index contributed by atoms with van der Waals surface area (Å²) >= 11 is 1.11. The van der Waals surface area contributed by atoms with Crippen LogP contribution >= 0.6 is 18.2 Å². The third kappa shape index (κ3) is 6.37. The van der Waals surface area contributed by atoms with Gasteiger partial charge in [0.2, 0.25) is 0 Å². The molecule has 2 unspecified atom stereocenters. The van der Waals surface area contributed by atoms with Gasteiger partial charge in [0.05, 0.1) is 23.0 Å². The van der Waals surface area contributed by atoms with Crippen molar-refractivity contribution in [2.75, 3.05) is 12.4 Å². The monoisotopic (exact) mass is 452 g/mol. The predicted molar refractivity (Wildman–Crippen MR) is 105 cm³/mol. The molecule has 0 radical (unpaired) electrons. The highest BCUT2D eigenvalue weighted by Crippen LogP contribution is 2.60. The summed E-state index contributed by atoms with van der Waals surface area (Å²) in [5, 5.41) is 0. The highest BCUT2D eigenvalue weighted by molar-refractivity contribution is 8.55. The van der Waals surface area contributed by atoms with Crippen molar-refractivity contribution >= 4 is 29.0 Å². The van der Waals surface area contributed by atoms with Gasteiger partial charge in [-0.2, -0.15) is 13.2 Å². The highest BCUT2D eigenvalue weighted by Gasteiger charge is 2.30. The van der Waals surface area contributed by atoms with E-state index in [4.69, 9.17) is 9.05 Å². The molecule has 0 heterocycles. The van der Waals surface area contributed by atoms with E-state index in [-0.39, 0.29) is 11.5 Å². The Morgan fingerprint density at radius 1 is 1.00 bits per heavy atom. The summed E-state index contributed by atoms with van der Waals surface area (Å²) in [6.45, 7) is 0.572. The SMILES string of the molecule is CCCSP(=O)(OCC)Oc1ccc(S(=O)c2ccc(C(F)(F)F)cc2)cc1. The molecule has 2 aromatic carbocycles. The van der Waals surface area contributed by atoms with E-state index in [2.05, 4.69) is 0 Å². The molecular weight excluding hydrogens is 432 g/mol. The van der Waals surface area contributed by atoms with Crippen LogP contribution in [0.3, 0.4) is 0 Å². The van der Waals surface area contributed by atoms with Crippen LogP contribution in [0.5, 0.6) is 5.75 Å². The molecule has 0 spiro atoms. The van der Waals surface area contributed by atoms with E-state index in [1.165, 1.54) is 36.4 Å². The molecular formula is C18H20F3O4PS2. The molecule has 0 aliphatic heterocycles. The minimum absolute atomic E-state index is 0.240. The third-order valence-corrected chi connectivity index (χ3v) is 8.74. The van der Waals surface area contributed by atoms with E-state index >= 15 is 0 Å². The lowest BCUT2D eigenvalue weighted by Crippen LogP contribution is -2.04. The molecule has 10 heteroatoms. The molecule has 2 rings (SSSR count). The van der Waals surface area contributed by atoms with Crippen molar-refractivity contribution in [2.45, 2.75) is 36.2 Å². The van der Waals surface area contributed by atoms with E-state index in [0.717, 1.165) is 29.9 Å². The van der Waals surface area contributed by atoms with Crippen molar-refractivity contribution in [1.29, 1.82) is 0 Å². The summed E-state index contributed by atoms with van der Waals surface area (Å²) < 4.78 is 73.9. The van der Waals surface area contributed by atoms with Gasteiger partial charge in [0.1, 0.15) is 5.75 Å². The van der Waals surface area contributed by atoms with Gasteiger partial charge in [0.15, 0.2) is 0 Å². The lowest BCUT2D eigenvalue weighted by atomic mass is 10.2. The zero-order valence-corrected chi connectivity index (χ0v) is 17.8. The largest absolute Gasteiger partial charge is 0.440 e. The summed E-state index contributed by atoms with van der Waals surface area (Å²) in [4.78, 5) is 0.639. The number of benzene rings is 2. The van der Waals surface area contributed by atoms with Gasteiger partial charge in [0.25, 0.3) is 0 Å². The number of hydrogen-bond acceptors (Lipinski definition) is 5. The van der Waals surface area contributed by atoms with Gasteiger partial charge in [-0.05, 0) is 73.3 Å². The normalized spacial score (nSPS) is 15.0. The second-order valence-electron chi connectivity index (χ2n) is 5.55. The first-order valence-corrected chi connectivity index (χ1v) is 12.7. The van der Waals surface area contributed by atoms with Crippen molar-refractivity contribution in [3.8, 4) is 5.75 Å². The van der Waals surface area contributed by atoms with Crippen molar-refractivity contribution in [3.63, 3.8) is 0 Å². The summed E-state index contributed by atoms with van der Waals surface area (Å²) in [5.74, 6) is 0.918. The Hall–Kier alpha value is -1.28. The first-order chi connectivity index (χ1) is 13.2. The first kappa shape index (κ1) is 23.0. The van der Waals surface area contributed by atoms with Crippen LogP contribution in [0.4, 0.5) is 13.2 Å². The lowest BCUT2D eigenvalue weighted by molar-refractivity contribution is -0.137. The van der Waals surface area contributed by atoms with Crippen molar-refractivity contribution in [2.24, 2.45) is 0 Å². The van der Waals surface area contributed by atoms with Crippen LogP contribution in [0.25, 0.3) is 0 Å². The highest BCUT2D eigenvalue weighted by atomic mass is 32.7. The number of alkyl halides is 3. The number of hydrogen-bond donors (Lipinski definition) is 0. The van der Waals surface area contributed by atoms with Crippen LogP contribution in [-0.2, 0) is 26.1 Å². The Kier molecular flexibility index (Phi) is 8.18. The Morgan fingerprint density at radius 3 is 2.00 bits per heavy atom. The minimum atomic E-state index is -4.44. The van der Waals surface area contributed by atoms with E-state index in [9.17, 15) is 21.9 Å². The van der Waals surface area contributed by atoms with Gasteiger partial charge in [-0.1, -0.05) is 6.92 Å². The quantitative estimate of drug-likeness (QED) is 0.405. The third-order valence-electron chi connectivity index (χ3n) is 3.39. The minimum Gasteiger partial charge on any atom is -0.417 e. The second kappa shape index (κ2) is 9.96. The van der Waals surface area contributed by atoms with E-state index in [0.29, 0.717) is 16.4 Å². The summed E-state index contributed by atoms with van der Waals surface area (Å²) in [5.41, 5.74) is -0.798. The number of halogens is 3. The van der Waals surface area contributed by atoms with Gasteiger partial charge in [-0.25, -0.2) is 8.77 Å². The van der Waals surface area contributed by atoms with Crippen LogP contribution < -0.4 is 4.52 Å². The smallest absolute Gasteiger partial charge is 0.417 e. The van der Waals surface area contributed by atoms with Crippen molar-refractivity contribution in [1.82, 2.24) is 0 Å². The maximum atomic E-state index is 12.7. The van der Waals surface area contributed by atoms with Gasteiger partial charge >= 0.3 is 13.0 Å². The second-order valence-corrected chi connectivity index (χ2v) is 11.1. The van der Waals surface area contributed by atoms with Crippen LogP contribution in [0.2, 0.25) is 0 Å². The van der Waals surface area contributed by atoms with E-state index in [1.54, 1.807) is 6.92 Å². The molecule has 0 aliphatic carbocycles. The molecule has 0 aromatic heterocycles. The van der Waals surface area contributed by atoms with Crippen LogP contribution in [0.15, 0.2) is 58.3 Å². The van der Waals surface area contributed by atoms with Crippen LogP contribution in [0.1, 0.15) is 25.8 Å². The van der Waals surface area contributed by atoms with Gasteiger partial charge in [-0.15, -0.1) is 0 Å². The first-order valence-electron chi connectivity index (χ1n) is 8.46. The van der Waals surface area contributed by atoms with Gasteiger partial charge in [-0.3, -0.25) is 4.52 Å². The van der Waals surface area contributed by atoms with E-state index in [1.807, 2.05) is 6.92 Å². The van der Waals surface area contributed by atoms with Crippen LogP contribution in [-0.4, -0.2) is 16.6 Å². The zero-order chi connectivity index (χ0) is 20.8. The molecule has 2 aromatic rings. The average Bonchev–Trinajstić information content (AvgIpc) is 2.66. The topological polar surface area (TPSA) is 52.6 Å². The van der Waals surface area contributed by atoms with Gasteiger partial charge < -0.3 is 4.52 Å². The van der Waals surface area contributed by atoms with Gasteiger partial charge in [0, 0.05) is 15.5 Å². The molecule has 0 N–H and O–H groups in total. The molecule has 154 valence electrons. The molecule has 0 bridgehead atoms. The Balaban J connectivity index is 2.12. The molecule has 0 saturated carbocycles. The zero-order valence-electron chi connectivity index (χ0n) is 15.3. The van der Waals surface area contributed by atoms with Crippen LogP contribution in [0, 0.1) is 0 Å². The lowest BCUT2D eigenvalue weighted by Gasteiger charge is -2.17. The van der Waals surface area contributed by atoms with E-state index < -0.39 is 29.3 Å². The Morgan fingerprint density at radius 2 is 1.54 bits per heavy atom. The molecule has 0 amide bonds. The molecule has 0 aliphatic rings.